The Morgan fingerprint density at radius 3 is 2.78 bits per heavy atom. The summed E-state index contributed by atoms with van der Waals surface area (Å²) in [6, 6.07) is 8.94. The van der Waals surface area contributed by atoms with Gasteiger partial charge in [0.05, 0.1) is 19.5 Å². The van der Waals surface area contributed by atoms with Crippen molar-refractivity contribution in [1.29, 1.82) is 0 Å². The number of carbonyl (C=O) groups excluding carboxylic acids is 1. The molecule has 0 aliphatic carbocycles. The summed E-state index contributed by atoms with van der Waals surface area (Å²) in [5.74, 6) is 0.0665. The van der Waals surface area contributed by atoms with E-state index in [9.17, 15) is 4.79 Å². The molecule has 196 valence electrons. The predicted octanol–water partition coefficient (Wildman–Crippen LogP) is 3.96. The largest absolute Gasteiger partial charge is 0.382 e. The van der Waals surface area contributed by atoms with Crippen LogP contribution in [0.25, 0.3) is 16.0 Å². The summed E-state index contributed by atoms with van der Waals surface area (Å²) < 4.78 is 25.1. The van der Waals surface area contributed by atoms with Crippen LogP contribution < -0.4 is 5.32 Å². The molecule has 3 aromatic rings. The second-order valence-corrected chi connectivity index (χ2v) is 10.1. The Kier molecular flexibility index (Phi) is 10.2. The lowest BCUT2D eigenvalue weighted by Gasteiger charge is -2.26. The Morgan fingerprint density at radius 1 is 1.19 bits per heavy atom. The average Bonchev–Trinajstić information content (AvgIpc) is 3.51. The molecule has 0 bridgehead atoms. The van der Waals surface area contributed by atoms with Crippen molar-refractivity contribution in [3.05, 3.63) is 60.0 Å². The van der Waals surface area contributed by atoms with Crippen LogP contribution in [0.4, 0.5) is 5.82 Å². The van der Waals surface area contributed by atoms with Crippen molar-refractivity contribution in [1.82, 2.24) is 19.5 Å². The summed E-state index contributed by atoms with van der Waals surface area (Å²) >= 11 is 1.73. The molecule has 1 saturated heterocycles. The van der Waals surface area contributed by atoms with E-state index in [-0.39, 0.29) is 37.8 Å². The lowest BCUT2D eigenvalue weighted by atomic mass is 10.1. The van der Waals surface area contributed by atoms with Crippen LogP contribution in [0.15, 0.2) is 43.0 Å². The molecule has 1 N–H and O–H groups in total. The van der Waals surface area contributed by atoms with E-state index < -0.39 is 0 Å². The Labute approximate surface area is 221 Å². The third-order valence-electron chi connectivity index (χ3n) is 5.73. The van der Waals surface area contributed by atoms with E-state index in [1.165, 1.54) is 6.33 Å². The highest BCUT2D eigenvalue weighted by Gasteiger charge is 2.46. The molecule has 0 saturated carbocycles. The zero-order chi connectivity index (χ0) is 26.0. The molecule has 3 heterocycles. The number of rotatable bonds is 13. The van der Waals surface area contributed by atoms with Gasteiger partial charge in [-0.2, -0.15) is 0 Å². The van der Waals surface area contributed by atoms with Crippen molar-refractivity contribution < 1.29 is 23.3 Å². The number of aromatic nitrogens is 4. The van der Waals surface area contributed by atoms with Crippen molar-refractivity contribution >= 4 is 43.7 Å². The van der Waals surface area contributed by atoms with Crippen LogP contribution in [-0.4, -0.2) is 76.4 Å². The van der Waals surface area contributed by atoms with Crippen molar-refractivity contribution in [3.63, 3.8) is 0 Å². The van der Waals surface area contributed by atoms with Crippen LogP contribution in [-0.2, 0) is 18.5 Å². The fourth-order valence-electron chi connectivity index (χ4n) is 3.97. The first-order valence-corrected chi connectivity index (χ1v) is 13.6. The van der Waals surface area contributed by atoms with Crippen LogP contribution in [0.1, 0.15) is 29.1 Å². The molecular formula is C24H29N6O5PS. The van der Waals surface area contributed by atoms with Gasteiger partial charge >= 0.3 is 0 Å². The molecule has 2 aromatic heterocycles. The summed E-state index contributed by atoms with van der Waals surface area (Å²) in [4.78, 5) is 29.3. The van der Waals surface area contributed by atoms with E-state index in [1.807, 2.05) is 10.6 Å². The topological polar surface area (TPSA) is 114 Å². The van der Waals surface area contributed by atoms with Gasteiger partial charge in [0.2, 0.25) is 6.54 Å². The van der Waals surface area contributed by atoms with E-state index in [0.717, 1.165) is 6.42 Å². The number of fused-ring (bicyclic) bond motifs is 1. The first kappa shape index (κ1) is 27.4. The van der Waals surface area contributed by atoms with Gasteiger partial charge in [-0.15, -0.1) is 11.8 Å². The van der Waals surface area contributed by atoms with Crippen molar-refractivity contribution in [2.75, 3.05) is 38.8 Å². The third-order valence-corrected chi connectivity index (χ3v) is 8.15. The summed E-state index contributed by atoms with van der Waals surface area (Å²) in [5, 5.41) is 2.81. The van der Waals surface area contributed by atoms with Gasteiger partial charge in [-0.1, -0.05) is 25.1 Å². The number of ether oxygens (including phenoxy) is 2. The Bertz CT molecular complexity index is 1210. The quantitative estimate of drug-likeness (QED) is 0.194. The Morgan fingerprint density at radius 2 is 2.03 bits per heavy atom. The van der Waals surface area contributed by atoms with Gasteiger partial charge in [-0.25, -0.2) is 21.5 Å². The molecule has 13 heteroatoms. The fraction of sp³-hybridized carbons (Fsp3) is 0.458. The minimum absolute atomic E-state index is 0.144. The second kappa shape index (κ2) is 13.8. The summed E-state index contributed by atoms with van der Waals surface area (Å²) in [6.07, 6.45) is 3.42. The van der Waals surface area contributed by atoms with Gasteiger partial charge in [0.15, 0.2) is 26.0 Å². The van der Waals surface area contributed by atoms with Crippen molar-refractivity contribution in [2.45, 2.75) is 36.2 Å². The number of thioether (sulfide) groups is 1. The minimum Gasteiger partial charge on any atom is -0.382 e. The molecular weight excluding hydrogens is 515 g/mol. The Hall–Kier alpha value is -2.65. The van der Waals surface area contributed by atoms with E-state index in [2.05, 4.69) is 32.0 Å². The number of methoxy groups -OCH3 is 1. The summed E-state index contributed by atoms with van der Waals surface area (Å²) in [6.45, 7) is 10.5. The maximum Gasteiger partial charge on any atom is 0.256 e. The van der Waals surface area contributed by atoms with Gasteiger partial charge in [0.25, 0.3) is 5.91 Å². The third kappa shape index (κ3) is 6.62. The van der Waals surface area contributed by atoms with Crippen molar-refractivity contribution in [3.8, 4) is 0 Å². The van der Waals surface area contributed by atoms with E-state index in [0.29, 0.717) is 48.9 Å². The molecule has 0 spiro atoms. The summed E-state index contributed by atoms with van der Waals surface area (Å²) in [7, 11) is 1.44. The molecule has 1 fully saturated rings. The van der Waals surface area contributed by atoms with Gasteiger partial charge in [0, 0.05) is 17.9 Å². The Balaban J connectivity index is 1.58. The lowest BCUT2D eigenvalue weighted by Crippen LogP contribution is -2.35. The SMILES string of the molecule is [C-]#[N+]CCOPOC1[C@@H](CC)S[C@@H](n2cnc3c(NC(=O)c4ccccc4)ncnc32)[C@H]1OCCOC. The van der Waals surface area contributed by atoms with Gasteiger partial charge in [-0.3, -0.25) is 9.36 Å². The van der Waals surface area contributed by atoms with Gasteiger partial charge in [0.1, 0.15) is 30.5 Å². The van der Waals surface area contributed by atoms with E-state index >= 15 is 0 Å². The smallest absolute Gasteiger partial charge is 0.256 e. The predicted molar refractivity (Wildman–Crippen MR) is 143 cm³/mol. The van der Waals surface area contributed by atoms with Crippen LogP contribution in [0.3, 0.4) is 0 Å². The van der Waals surface area contributed by atoms with Crippen LogP contribution in [0, 0.1) is 6.57 Å². The molecule has 5 atom stereocenters. The van der Waals surface area contributed by atoms with E-state index in [1.54, 1.807) is 49.5 Å². The normalized spacial score (nSPS) is 21.5. The zero-order valence-corrected chi connectivity index (χ0v) is 22.4. The molecule has 1 aromatic carbocycles. The van der Waals surface area contributed by atoms with Crippen LogP contribution in [0.5, 0.6) is 0 Å². The highest BCUT2D eigenvalue weighted by molar-refractivity contribution is 8.00. The van der Waals surface area contributed by atoms with E-state index in [4.69, 9.17) is 25.1 Å². The standard InChI is InChI=1S/C24H29N6O5PS/c1-4-17-19(35-36-34-11-10-25-2)20(33-13-12-32-3)24(37-17)30-15-28-18-21(26-14-27-22(18)30)29-23(31)16-8-6-5-7-9-16/h5-9,14-15,17,19-20,24,36H,4,10-13H2,1,3H3,(H,26,27,29,31)/t17-,19?,20+,24-/m1/s1. The molecule has 11 nitrogen and oxygen atoms in total. The molecule has 4 rings (SSSR count). The number of amides is 1. The first-order valence-electron chi connectivity index (χ1n) is 11.8. The zero-order valence-electron chi connectivity index (χ0n) is 20.6. The maximum absolute atomic E-state index is 12.7. The highest BCUT2D eigenvalue weighted by atomic mass is 32.2. The first-order chi connectivity index (χ1) is 18.2. The molecule has 1 aliphatic heterocycles. The number of hydrogen-bond donors (Lipinski definition) is 1. The second-order valence-electron chi connectivity index (χ2n) is 8.06. The molecule has 2 unspecified atom stereocenters. The molecule has 1 amide bonds. The number of anilines is 1. The molecule has 37 heavy (non-hydrogen) atoms. The number of benzene rings is 1. The average molecular weight is 545 g/mol. The number of nitrogens with zero attached hydrogens (tertiary/aromatic N) is 5. The van der Waals surface area contributed by atoms with Gasteiger partial charge in [-0.05, 0) is 18.6 Å². The maximum atomic E-state index is 12.7. The van der Waals surface area contributed by atoms with Crippen molar-refractivity contribution in [2.24, 2.45) is 0 Å². The van der Waals surface area contributed by atoms with Crippen LogP contribution in [0.2, 0.25) is 0 Å². The highest BCUT2D eigenvalue weighted by Crippen LogP contribution is 2.48. The fourth-order valence-corrected chi connectivity index (χ4v) is 6.31. The number of hydrogen-bond acceptors (Lipinski definition) is 9. The number of carbonyl (C=O) groups is 1. The van der Waals surface area contributed by atoms with Crippen LogP contribution >= 0.6 is 20.8 Å². The summed E-state index contributed by atoms with van der Waals surface area (Å²) in [5.41, 5.74) is 1.60. The number of nitrogens with one attached hydrogen (secondary N) is 1. The number of imidazole rings is 1. The monoisotopic (exact) mass is 544 g/mol. The lowest BCUT2D eigenvalue weighted by molar-refractivity contribution is -0.0429. The molecule has 0 radical (unpaired) electrons. The molecule has 1 aliphatic rings. The van der Waals surface area contributed by atoms with Gasteiger partial charge < -0.3 is 28.7 Å². The minimum atomic E-state index is -0.322.